The first-order chi connectivity index (χ1) is 15.5. The normalized spacial score (nSPS) is 10.7. The highest BCUT2D eigenvalue weighted by Crippen LogP contribution is 2.31. The SMILES string of the molecule is COc1ccc(-c2nc(NC(=O)CCNC(=O)c3ccc4ccccc4c3)sc2C)cc1. The summed E-state index contributed by atoms with van der Waals surface area (Å²) in [5.74, 6) is 0.384. The number of thiazole rings is 1. The highest BCUT2D eigenvalue weighted by Gasteiger charge is 2.13. The van der Waals surface area contributed by atoms with Crippen LogP contribution in [-0.2, 0) is 4.79 Å². The zero-order chi connectivity index (χ0) is 22.5. The molecule has 32 heavy (non-hydrogen) atoms. The number of carbonyl (C=O) groups is 2. The van der Waals surface area contributed by atoms with Crippen LogP contribution in [0.5, 0.6) is 5.75 Å². The van der Waals surface area contributed by atoms with E-state index >= 15 is 0 Å². The van der Waals surface area contributed by atoms with Crippen LogP contribution >= 0.6 is 11.3 Å². The Morgan fingerprint density at radius 1 is 1.00 bits per heavy atom. The third kappa shape index (κ3) is 4.95. The van der Waals surface area contributed by atoms with Crippen molar-refractivity contribution in [2.24, 2.45) is 0 Å². The minimum Gasteiger partial charge on any atom is -0.497 e. The number of hydrogen-bond acceptors (Lipinski definition) is 5. The highest BCUT2D eigenvalue weighted by molar-refractivity contribution is 7.16. The molecule has 0 bridgehead atoms. The van der Waals surface area contributed by atoms with Gasteiger partial charge in [0.25, 0.3) is 5.91 Å². The van der Waals surface area contributed by atoms with Crippen LogP contribution in [0.2, 0.25) is 0 Å². The van der Waals surface area contributed by atoms with Gasteiger partial charge in [0, 0.05) is 29.0 Å². The summed E-state index contributed by atoms with van der Waals surface area (Å²) in [7, 11) is 1.63. The van der Waals surface area contributed by atoms with E-state index in [1.54, 1.807) is 13.2 Å². The average molecular weight is 446 g/mol. The lowest BCUT2D eigenvalue weighted by Crippen LogP contribution is -2.27. The van der Waals surface area contributed by atoms with E-state index in [2.05, 4.69) is 15.6 Å². The first kappa shape index (κ1) is 21.5. The fourth-order valence-electron chi connectivity index (χ4n) is 3.37. The number of benzene rings is 3. The summed E-state index contributed by atoms with van der Waals surface area (Å²) in [5, 5.41) is 8.26. The number of ether oxygens (including phenoxy) is 1. The molecule has 0 saturated heterocycles. The van der Waals surface area contributed by atoms with E-state index in [9.17, 15) is 9.59 Å². The van der Waals surface area contributed by atoms with Crippen LogP contribution in [0.4, 0.5) is 5.13 Å². The van der Waals surface area contributed by atoms with Crippen LogP contribution < -0.4 is 15.4 Å². The molecule has 2 amide bonds. The molecule has 0 aliphatic carbocycles. The van der Waals surface area contributed by atoms with E-state index in [0.29, 0.717) is 10.7 Å². The molecule has 0 radical (unpaired) electrons. The Kier molecular flexibility index (Phi) is 6.47. The Hall–Kier alpha value is -3.71. The van der Waals surface area contributed by atoms with Crippen molar-refractivity contribution < 1.29 is 14.3 Å². The molecule has 2 N–H and O–H groups in total. The fourth-order valence-corrected chi connectivity index (χ4v) is 4.22. The molecule has 4 rings (SSSR count). The predicted molar refractivity (Wildman–Crippen MR) is 128 cm³/mol. The molecule has 0 unspecified atom stereocenters. The lowest BCUT2D eigenvalue weighted by atomic mass is 10.1. The lowest BCUT2D eigenvalue weighted by molar-refractivity contribution is -0.116. The Morgan fingerprint density at radius 3 is 2.50 bits per heavy atom. The van der Waals surface area contributed by atoms with Crippen molar-refractivity contribution in [1.82, 2.24) is 10.3 Å². The van der Waals surface area contributed by atoms with Gasteiger partial charge in [0.1, 0.15) is 5.75 Å². The molecule has 0 aliphatic rings. The number of methoxy groups -OCH3 is 1. The summed E-state index contributed by atoms with van der Waals surface area (Å²) in [6.45, 7) is 2.21. The number of carbonyl (C=O) groups excluding carboxylic acids is 2. The van der Waals surface area contributed by atoms with Gasteiger partial charge in [-0.2, -0.15) is 0 Å². The molecule has 0 fully saturated rings. The summed E-state index contributed by atoms with van der Waals surface area (Å²) >= 11 is 1.42. The van der Waals surface area contributed by atoms with Gasteiger partial charge in [-0.25, -0.2) is 4.98 Å². The molecule has 0 spiro atoms. The molecule has 4 aromatic rings. The van der Waals surface area contributed by atoms with E-state index < -0.39 is 0 Å². The third-order valence-corrected chi connectivity index (χ3v) is 5.94. The van der Waals surface area contributed by atoms with Crippen molar-refractivity contribution in [3.8, 4) is 17.0 Å². The van der Waals surface area contributed by atoms with E-state index in [-0.39, 0.29) is 24.8 Å². The molecule has 0 atom stereocenters. The van der Waals surface area contributed by atoms with Crippen molar-refractivity contribution in [3.63, 3.8) is 0 Å². The van der Waals surface area contributed by atoms with Crippen LogP contribution in [0.1, 0.15) is 21.7 Å². The average Bonchev–Trinajstić information content (AvgIpc) is 3.18. The maximum Gasteiger partial charge on any atom is 0.251 e. The fraction of sp³-hybridized carbons (Fsp3) is 0.160. The molecular weight excluding hydrogens is 422 g/mol. The van der Waals surface area contributed by atoms with Gasteiger partial charge in [-0.15, -0.1) is 11.3 Å². The van der Waals surface area contributed by atoms with Gasteiger partial charge < -0.3 is 15.4 Å². The number of nitrogens with one attached hydrogen (secondary N) is 2. The van der Waals surface area contributed by atoms with Crippen LogP contribution in [0, 0.1) is 6.92 Å². The largest absolute Gasteiger partial charge is 0.497 e. The summed E-state index contributed by atoms with van der Waals surface area (Å²) in [6, 6.07) is 21.1. The quantitative estimate of drug-likeness (QED) is 0.418. The standard InChI is InChI=1S/C25H23N3O3S/c1-16-23(18-9-11-21(31-2)12-10-18)28-25(32-16)27-22(29)13-14-26-24(30)20-8-7-17-5-3-4-6-19(17)15-20/h3-12,15H,13-14H2,1-2H3,(H,26,30)(H,27,28,29). The monoisotopic (exact) mass is 445 g/mol. The predicted octanol–water partition coefficient (Wildman–Crippen LogP) is 5.04. The van der Waals surface area contributed by atoms with Crippen LogP contribution in [0.15, 0.2) is 66.7 Å². The number of rotatable bonds is 7. The summed E-state index contributed by atoms with van der Waals surface area (Å²) in [4.78, 5) is 30.3. The minimum atomic E-state index is -0.199. The van der Waals surface area contributed by atoms with Crippen molar-refractivity contribution >= 4 is 39.1 Å². The number of aromatic nitrogens is 1. The van der Waals surface area contributed by atoms with E-state index in [1.807, 2.05) is 67.6 Å². The molecular formula is C25H23N3O3S. The second-order valence-corrected chi connectivity index (χ2v) is 8.47. The lowest BCUT2D eigenvalue weighted by Gasteiger charge is -2.06. The number of hydrogen-bond donors (Lipinski definition) is 2. The van der Waals surface area contributed by atoms with Gasteiger partial charge in [0.05, 0.1) is 12.8 Å². The van der Waals surface area contributed by atoms with E-state index in [4.69, 9.17) is 4.74 Å². The van der Waals surface area contributed by atoms with Crippen molar-refractivity contribution in [2.45, 2.75) is 13.3 Å². The number of fused-ring (bicyclic) bond motifs is 1. The molecule has 0 saturated carbocycles. The molecule has 7 heteroatoms. The number of aryl methyl sites for hydroxylation is 1. The van der Waals surface area contributed by atoms with Crippen molar-refractivity contribution in [3.05, 3.63) is 77.2 Å². The Labute approximate surface area is 190 Å². The smallest absolute Gasteiger partial charge is 0.251 e. The second-order valence-electron chi connectivity index (χ2n) is 7.27. The van der Waals surface area contributed by atoms with Gasteiger partial charge in [-0.3, -0.25) is 9.59 Å². The summed E-state index contributed by atoms with van der Waals surface area (Å²) < 4.78 is 5.19. The van der Waals surface area contributed by atoms with Gasteiger partial charge in [0.15, 0.2) is 5.13 Å². The van der Waals surface area contributed by atoms with Gasteiger partial charge in [-0.1, -0.05) is 30.3 Å². The van der Waals surface area contributed by atoms with Gasteiger partial charge >= 0.3 is 0 Å². The molecule has 1 aromatic heterocycles. The summed E-state index contributed by atoms with van der Waals surface area (Å²) in [5.41, 5.74) is 2.36. The zero-order valence-electron chi connectivity index (χ0n) is 17.8. The Balaban J connectivity index is 1.31. The number of nitrogens with zero attached hydrogens (tertiary/aromatic N) is 1. The van der Waals surface area contributed by atoms with E-state index in [0.717, 1.165) is 32.7 Å². The topological polar surface area (TPSA) is 80.3 Å². The Morgan fingerprint density at radius 2 is 1.75 bits per heavy atom. The number of amides is 2. The van der Waals surface area contributed by atoms with Crippen molar-refractivity contribution in [1.29, 1.82) is 0 Å². The summed E-state index contributed by atoms with van der Waals surface area (Å²) in [6.07, 6.45) is 0.163. The van der Waals surface area contributed by atoms with Gasteiger partial charge in [-0.05, 0) is 54.1 Å². The number of anilines is 1. The molecule has 1 heterocycles. The highest BCUT2D eigenvalue weighted by atomic mass is 32.1. The first-order valence-electron chi connectivity index (χ1n) is 10.2. The van der Waals surface area contributed by atoms with Crippen LogP contribution in [0.25, 0.3) is 22.0 Å². The Bertz CT molecular complexity index is 1270. The third-order valence-electron chi connectivity index (χ3n) is 5.06. The van der Waals surface area contributed by atoms with Crippen LogP contribution in [0.3, 0.4) is 0 Å². The molecule has 6 nitrogen and oxygen atoms in total. The van der Waals surface area contributed by atoms with Crippen LogP contribution in [-0.4, -0.2) is 30.5 Å². The zero-order valence-corrected chi connectivity index (χ0v) is 18.7. The first-order valence-corrected chi connectivity index (χ1v) is 11.0. The minimum absolute atomic E-state index is 0.163. The molecule has 162 valence electrons. The maximum atomic E-state index is 12.4. The van der Waals surface area contributed by atoms with E-state index in [1.165, 1.54) is 11.3 Å². The van der Waals surface area contributed by atoms with Crippen molar-refractivity contribution in [2.75, 3.05) is 19.0 Å². The second kappa shape index (κ2) is 9.62. The molecule has 3 aromatic carbocycles. The van der Waals surface area contributed by atoms with Gasteiger partial charge in [0.2, 0.25) is 5.91 Å². The molecule has 0 aliphatic heterocycles. The maximum absolute atomic E-state index is 12.4.